The number of carbonyl (C=O) groups is 2. The predicted molar refractivity (Wildman–Crippen MR) is 67.8 cm³/mol. The van der Waals surface area contributed by atoms with E-state index in [2.05, 4.69) is 13.8 Å². The zero-order valence-electron chi connectivity index (χ0n) is 10.7. The van der Waals surface area contributed by atoms with E-state index in [1.807, 2.05) is 0 Å². The molecule has 1 N–H and O–H groups in total. The number of carboxylic acid groups (broad SMARTS) is 1. The highest BCUT2D eigenvalue weighted by atomic mass is 16.5. The van der Waals surface area contributed by atoms with Gasteiger partial charge in [-0.05, 0) is 30.9 Å². The molecule has 4 nitrogen and oxygen atoms in total. The number of carboxylic acids is 1. The number of aromatic carboxylic acids is 1. The molecule has 0 aromatic heterocycles. The molecule has 18 heavy (non-hydrogen) atoms. The molecule has 0 unspecified atom stereocenters. The van der Waals surface area contributed by atoms with Gasteiger partial charge in [0.2, 0.25) is 0 Å². The summed E-state index contributed by atoms with van der Waals surface area (Å²) in [5.74, 6) is -1.13. The van der Waals surface area contributed by atoms with E-state index in [0.717, 1.165) is 12.8 Å². The van der Waals surface area contributed by atoms with Crippen LogP contribution in [0.4, 0.5) is 0 Å². The summed E-state index contributed by atoms with van der Waals surface area (Å²) >= 11 is 0. The molecule has 0 aliphatic rings. The highest BCUT2D eigenvalue weighted by Crippen LogP contribution is 2.11. The van der Waals surface area contributed by atoms with Gasteiger partial charge in [0.1, 0.15) is 0 Å². The van der Waals surface area contributed by atoms with Gasteiger partial charge in [-0.15, -0.1) is 0 Å². The van der Waals surface area contributed by atoms with Gasteiger partial charge in [0, 0.05) is 0 Å². The van der Waals surface area contributed by atoms with Gasteiger partial charge in [0.05, 0.1) is 17.7 Å². The van der Waals surface area contributed by atoms with Crippen molar-refractivity contribution in [1.82, 2.24) is 0 Å². The maximum Gasteiger partial charge on any atom is 0.339 e. The average Bonchev–Trinajstić information content (AvgIpc) is 2.34. The number of carbonyl (C=O) groups excluding carboxylic acids is 1. The minimum atomic E-state index is -1.12. The molecule has 0 fully saturated rings. The maximum atomic E-state index is 11.7. The fourth-order valence-electron chi connectivity index (χ4n) is 1.58. The Kier molecular flexibility index (Phi) is 5.36. The largest absolute Gasteiger partial charge is 0.478 e. The van der Waals surface area contributed by atoms with Crippen molar-refractivity contribution in [2.75, 3.05) is 6.61 Å². The second-order valence-corrected chi connectivity index (χ2v) is 4.52. The molecular weight excluding hydrogens is 232 g/mol. The molecule has 0 bridgehead atoms. The lowest BCUT2D eigenvalue weighted by molar-refractivity contribution is 0.0484. The quantitative estimate of drug-likeness (QED) is 0.622. The van der Waals surface area contributed by atoms with Crippen LogP contribution in [0.5, 0.6) is 0 Å². The zero-order valence-corrected chi connectivity index (χ0v) is 10.7. The standard InChI is InChI=1S/C14H18O4/c1-10(2)6-5-9-18-14(17)12-8-4-3-7-11(12)13(15)16/h3-4,7-8,10H,5-6,9H2,1-2H3,(H,15,16). The van der Waals surface area contributed by atoms with Crippen molar-refractivity contribution in [2.24, 2.45) is 5.92 Å². The molecule has 98 valence electrons. The van der Waals surface area contributed by atoms with Crippen molar-refractivity contribution in [3.05, 3.63) is 35.4 Å². The lowest BCUT2D eigenvalue weighted by atomic mass is 10.1. The summed E-state index contributed by atoms with van der Waals surface area (Å²) in [5, 5.41) is 8.95. The van der Waals surface area contributed by atoms with Gasteiger partial charge in [-0.3, -0.25) is 0 Å². The van der Waals surface area contributed by atoms with Crippen molar-refractivity contribution < 1.29 is 19.4 Å². The first-order valence-corrected chi connectivity index (χ1v) is 6.01. The highest BCUT2D eigenvalue weighted by molar-refractivity contribution is 6.02. The number of esters is 1. The molecular formula is C14H18O4. The van der Waals surface area contributed by atoms with Crippen LogP contribution in [0.3, 0.4) is 0 Å². The first-order chi connectivity index (χ1) is 8.52. The van der Waals surface area contributed by atoms with Crippen LogP contribution in [-0.4, -0.2) is 23.7 Å². The van der Waals surface area contributed by atoms with Gasteiger partial charge in [0.25, 0.3) is 0 Å². The third-order valence-corrected chi connectivity index (χ3v) is 2.54. The van der Waals surface area contributed by atoms with Gasteiger partial charge in [-0.25, -0.2) is 9.59 Å². The normalized spacial score (nSPS) is 10.4. The Morgan fingerprint density at radius 1 is 1.22 bits per heavy atom. The van der Waals surface area contributed by atoms with Gasteiger partial charge >= 0.3 is 11.9 Å². The van der Waals surface area contributed by atoms with Gasteiger partial charge in [-0.1, -0.05) is 26.0 Å². The molecule has 0 radical (unpaired) electrons. The zero-order chi connectivity index (χ0) is 13.5. The summed E-state index contributed by atoms with van der Waals surface area (Å²) in [6.07, 6.45) is 1.77. The molecule has 1 aromatic carbocycles. The van der Waals surface area contributed by atoms with Crippen LogP contribution >= 0.6 is 0 Å². The number of rotatable bonds is 6. The molecule has 0 saturated carbocycles. The molecule has 0 saturated heterocycles. The predicted octanol–water partition coefficient (Wildman–Crippen LogP) is 2.98. The third-order valence-electron chi connectivity index (χ3n) is 2.54. The molecule has 1 rings (SSSR count). The van der Waals surface area contributed by atoms with Crippen LogP contribution in [0.15, 0.2) is 24.3 Å². The smallest absolute Gasteiger partial charge is 0.339 e. The lowest BCUT2D eigenvalue weighted by Crippen LogP contribution is -2.12. The fourth-order valence-corrected chi connectivity index (χ4v) is 1.58. The summed E-state index contributed by atoms with van der Waals surface area (Å²) in [4.78, 5) is 22.7. The second kappa shape index (κ2) is 6.79. The van der Waals surface area contributed by atoms with Gasteiger partial charge in [-0.2, -0.15) is 0 Å². The van der Waals surface area contributed by atoms with Crippen LogP contribution in [0.1, 0.15) is 47.4 Å². The molecule has 0 spiro atoms. The summed E-state index contributed by atoms with van der Waals surface area (Å²) in [5.41, 5.74) is 0.0842. The van der Waals surface area contributed by atoms with E-state index < -0.39 is 11.9 Å². The van der Waals surface area contributed by atoms with E-state index in [4.69, 9.17) is 9.84 Å². The van der Waals surface area contributed by atoms with E-state index in [0.29, 0.717) is 12.5 Å². The molecule has 0 amide bonds. The van der Waals surface area contributed by atoms with E-state index in [1.165, 1.54) is 12.1 Å². The Labute approximate surface area is 107 Å². The molecule has 0 aliphatic heterocycles. The van der Waals surface area contributed by atoms with E-state index in [1.54, 1.807) is 12.1 Å². The summed E-state index contributed by atoms with van der Waals surface area (Å²) in [7, 11) is 0. The Balaban J connectivity index is 2.59. The van der Waals surface area contributed by atoms with E-state index >= 15 is 0 Å². The van der Waals surface area contributed by atoms with Crippen LogP contribution in [-0.2, 0) is 4.74 Å². The Bertz CT molecular complexity index is 424. The van der Waals surface area contributed by atoms with Crippen LogP contribution in [0, 0.1) is 5.92 Å². The monoisotopic (exact) mass is 250 g/mol. The number of hydrogen-bond acceptors (Lipinski definition) is 3. The Morgan fingerprint density at radius 3 is 2.39 bits per heavy atom. The molecule has 4 heteroatoms. The van der Waals surface area contributed by atoms with Crippen LogP contribution in [0.25, 0.3) is 0 Å². The first kappa shape index (κ1) is 14.2. The van der Waals surface area contributed by atoms with E-state index in [-0.39, 0.29) is 11.1 Å². The highest BCUT2D eigenvalue weighted by Gasteiger charge is 2.16. The number of hydrogen-bond donors (Lipinski definition) is 1. The van der Waals surface area contributed by atoms with Crippen LogP contribution in [0.2, 0.25) is 0 Å². The summed E-state index contributed by atoms with van der Waals surface area (Å²) in [6, 6.07) is 6.07. The lowest BCUT2D eigenvalue weighted by Gasteiger charge is -2.08. The minimum Gasteiger partial charge on any atom is -0.478 e. The summed E-state index contributed by atoms with van der Waals surface area (Å²) in [6.45, 7) is 4.52. The topological polar surface area (TPSA) is 63.6 Å². The van der Waals surface area contributed by atoms with Gasteiger partial charge in [0.15, 0.2) is 0 Å². The summed E-state index contributed by atoms with van der Waals surface area (Å²) < 4.78 is 5.07. The number of benzene rings is 1. The van der Waals surface area contributed by atoms with E-state index in [9.17, 15) is 9.59 Å². The molecule has 0 atom stereocenters. The van der Waals surface area contributed by atoms with Crippen LogP contribution < -0.4 is 0 Å². The molecule has 0 heterocycles. The van der Waals surface area contributed by atoms with Crippen molar-refractivity contribution in [2.45, 2.75) is 26.7 Å². The average molecular weight is 250 g/mol. The molecule has 1 aromatic rings. The minimum absolute atomic E-state index is 0.0219. The van der Waals surface area contributed by atoms with Crippen molar-refractivity contribution in [1.29, 1.82) is 0 Å². The van der Waals surface area contributed by atoms with Gasteiger partial charge < -0.3 is 9.84 Å². The van der Waals surface area contributed by atoms with Crippen molar-refractivity contribution >= 4 is 11.9 Å². The number of ether oxygens (including phenoxy) is 1. The van der Waals surface area contributed by atoms with Crippen molar-refractivity contribution in [3.63, 3.8) is 0 Å². The molecule has 0 aliphatic carbocycles. The van der Waals surface area contributed by atoms with Crippen molar-refractivity contribution in [3.8, 4) is 0 Å². The maximum absolute atomic E-state index is 11.7. The first-order valence-electron chi connectivity index (χ1n) is 6.01. The Hall–Kier alpha value is -1.84. The Morgan fingerprint density at radius 2 is 1.83 bits per heavy atom. The fraction of sp³-hybridized carbons (Fsp3) is 0.429. The second-order valence-electron chi connectivity index (χ2n) is 4.52. The SMILES string of the molecule is CC(C)CCCOC(=O)c1ccccc1C(=O)O. The third kappa shape index (κ3) is 4.20.